The van der Waals surface area contributed by atoms with Gasteiger partial charge in [0, 0.05) is 19.2 Å². The van der Waals surface area contributed by atoms with E-state index in [0.717, 1.165) is 23.7 Å². The largest absolute Gasteiger partial charge is 0.394 e. The van der Waals surface area contributed by atoms with E-state index in [-0.39, 0.29) is 12.6 Å². The van der Waals surface area contributed by atoms with Crippen LogP contribution in [-0.4, -0.2) is 48.0 Å². The van der Waals surface area contributed by atoms with Crippen LogP contribution >= 0.6 is 0 Å². The fraction of sp³-hybridized carbons (Fsp3) is 0.667. The number of aliphatic hydroxyl groups is 1. The first-order chi connectivity index (χ1) is 8.62. The minimum absolute atomic E-state index is 0.00707. The highest BCUT2D eigenvalue weighted by atomic mass is 16.5. The molecule has 0 bridgehead atoms. The molecule has 0 aliphatic rings. The zero-order valence-corrected chi connectivity index (χ0v) is 11.4. The van der Waals surface area contributed by atoms with Crippen LogP contribution in [0.3, 0.4) is 0 Å². The standard InChI is InChI=1S/C12H22N4O2/c1-5-13-11-8(2)12(15-9(3)14-11)16-10(6-17)7-18-4/h10,17H,5-7H2,1-4H3,(H2,13,14,15,16). The number of hydrogen-bond acceptors (Lipinski definition) is 6. The first-order valence-corrected chi connectivity index (χ1v) is 6.07. The van der Waals surface area contributed by atoms with Gasteiger partial charge in [-0.2, -0.15) is 0 Å². The molecule has 102 valence electrons. The summed E-state index contributed by atoms with van der Waals surface area (Å²) in [6.07, 6.45) is 0. The van der Waals surface area contributed by atoms with E-state index >= 15 is 0 Å². The maximum absolute atomic E-state index is 9.25. The van der Waals surface area contributed by atoms with Crippen LogP contribution in [0.15, 0.2) is 0 Å². The van der Waals surface area contributed by atoms with Crippen molar-refractivity contribution in [1.29, 1.82) is 0 Å². The smallest absolute Gasteiger partial charge is 0.135 e. The summed E-state index contributed by atoms with van der Waals surface area (Å²) in [7, 11) is 1.60. The molecule has 0 saturated carbocycles. The van der Waals surface area contributed by atoms with E-state index in [1.165, 1.54) is 0 Å². The van der Waals surface area contributed by atoms with Crippen LogP contribution in [0.4, 0.5) is 11.6 Å². The van der Waals surface area contributed by atoms with E-state index < -0.39 is 0 Å². The highest BCUT2D eigenvalue weighted by Crippen LogP contribution is 2.20. The summed E-state index contributed by atoms with van der Waals surface area (Å²) in [4.78, 5) is 8.70. The van der Waals surface area contributed by atoms with Gasteiger partial charge in [0.15, 0.2) is 0 Å². The second-order valence-electron chi connectivity index (χ2n) is 4.10. The molecule has 0 aromatic carbocycles. The minimum atomic E-state index is -0.169. The molecule has 0 fully saturated rings. The van der Waals surface area contributed by atoms with Gasteiger partial charge in [-0.25, -0.2) is 9.97 Å². The maximum Gasteiger partial charge on any atom is 0.135 e. The monoisotopic (exact) mass is 254 g/mol. The number of aromatic nitrogens is 2. The van der Waals surface area contributed by atoms with Gasteiger partial charge in [-0.3, -0.25) is 0 Å². The molecule has 1 aromatic heterocycles. The van der Waals surface area contributed by atoms with Crippen molar-refractivity contribution < 1.29 is 9.84 Å². The average molecular weight is 254 g/mol. The quantitative estimate of drug-likeness (QED) is 0.672. The molecule has 0 radical (unpaired) electrons. The van der Waals surface area contributed by atoms with Gasteiger partial charge in [0.25, 0.3) is 0 Å². The topological polar surface area (TPSA) is 79.3 Å². The Morgan fingerprint density at radius 1 is 1.28 bits per heavy atom. The van der Waals surface area contributed by atoms with E-state index in [4.69, 9.17) is 4.74 Å². The summed E-state index contributed by atoms with van der Waals surface area (Å²) in [5.74, 6) is 2.24. The van der Waals surface area contributed by atoms with Crippen molar-refractivity contribution >= 4 is 11.6 Å². The van der Waals surface area contributed by atoms with Gasteiger partial charge in [0.2, 0.25) is 0 Å². The Labute approximate surface area is 108 Å². The SMILES string of the molecule is CCNc1nc(C)nc(NC(CO)COC)c1C. The van der Waals surface area contributed by atoms with Crippen LogP contribution in [0.25, 0.3) is 0 Å². The van der Waals surface area contributed by atoms with Crippen molar-refractivity contribution in [3.8, 4) is 0 Å². The van der Waals surface area contributed by atoms with E-state index in [1.807, 2.05) is 20.8 Å². The van der Waals surface area contributed by atoms with Crippen LogP contribution in [0.5, 0.6) is 0 Å². The summed E-state index contributed by atoms with van der Waals surface area (Å²) in [6.45, 7) is 7.03. The molecule has 0 aliphatic heterocycles. The van der Waals surface area contributed by atoms with E-state index in [2.05, 4.69) is 20.6 Å². The number of aryl methyl sites for hydroxylation is 1. The first-order valence-electron chi connectivity index (χ1n) is 6.07. The van der Waals surface area contributed by atoms with Crippen molar-refractivity contribution in [2.24, 2.45) is 0 Å². The normalized spacial score (nSPS) is 12.3. The molecule has 6 nitrogen and oxygen atoms in total. The molecule has 3 N–H and O–H groups in total. The number of rotatable bonds is 7. The molecule has 0 spiro atoms. The van der Waals surface area contributed by atoms with Crippen molar-refractivity contribution in [1.82, 2.24) is 9.97 Å². The number of anilines is 2. The molecule has 1 heterocycles. The first kappa shape index (κ1) is 14.7. The fourth-order valence-electron chi connectivity index (χ4n) is 1.64. The number of hydrogen-bond donors (Lipinski definition) is 3. The highest BCUT2D eigenvalue weighted by Gasteiger charge is 2.13. The molecule has 0 saturated heterocycles. The summed E-state index contributed by atoms with van der Waals surface area (Å²) >= 11 is 0. The molecular formula is C12H22N4O2. The number of nitrogens with zero attached hydrogens (tertiary/aromatic N) is 2. The second-order valence-corrected chi connectivity index (χ2v) is 4.10. The van der Waals surface area contributed by atoms with E-state index in [1.54, 1.807) is 7.11 Å². The highest BCUT2D eigenvalue weighted by molar-refractivity contribution is 5.57. The van der Waals surface area contributed by atoms with Crippen LogP contribution < -0.4 is 10.6 Å². The van der Waals surface area contributed by atoms with Gasteiger partial charge in [0.05, 0.1) is 19.3 Å². The van der Waals surface area contributed by atoms with Gasteiger partial charge in [-0.15, -0.1) is 0 Å². The summed E-state index contributed by atoms with van der Waals surface area (Å²) < 4.78 is 5.03. The fourth-order valence-corrected chi connectivity index (χ4v) is 1.64. The second kappa shape index (κ2) is 7.13. The molecule has 1 aromatic rings. The molecule has 1 atom stereocenters. The van der Waals surface area contributed by atoms with Crippen LogP contribution in [0, 0.1) is 13.8 Å². The van der Waals surface area contributed by atoms with Gasteiger partial charge < -0.3 is 20.5 Å². The van der Waals surface area contributed by atoms with Crippen molar-refractivity contribution in [2.75, 3.05) is 37.5 Å². The summed E-state index contributed by atoms with van der Waals surface area (Å²) in [6, 6.07) is -0.169. The lowest BCUT2D eigenvalue weighted by atomic mass is 10.2. The van der Waals surface area contributed by atoms with Gasteiger partial charge in [-0.1, -0.05) is 0 Å². The third kappa shape index (κ3) is 3.82. The zero-order chi connectivity index (χ0) is 13.5. The Morgan fingerprint density at radius 3 is 2.50 bits per heavy atom. The number of ether oxygens (including phenoxy) is 1. The molecule has 0 aliphatic carbocycles. The van der Waals surface area contributed by atoms with Crippen molar-refractivity contribution in [2.45, 2.75) is 26.8 Å². The third-order valence-electron chi connectivity index (χ3n) is 2.53. The maximum atomic E-state index is 9.25. The molecule has 6 heteroatoms. The Kier molecular flexibility index (Phi) is 5.80. The summed E-state index contributed by atoms with van der Waals surface area (Å²) in [5, 5.41) is 15.6. The third-order valence-corrected chi connectivity index (χ3v) is 2.53. The Bertz CT molecular complexity index is 385. The van der Waals surface area contributed by atoms with Gasteiger partial charge in [0.1, 0.15) is 17.5 Å². The lowest BCUT2D eigenvalue weighted by Crippen LogP contribution is -2.30. The van der Waals surface area contributed by atoms with E-state index in [9.17, 15) is 5.11 Å². The molecule has 18 heavy (non-hydrogen) atoms. The van der Waals surface area contributed by atoms with Crippen LogP contribution in [0.2, 0.25) is 0 Å². The van der Waals surface area contributed by atoms with Crippen LogP contribution in [0.1, 0.15) is 18.3 Å². The minimum Gasteiger partial charge on any atom is -0.394 e. The predicted molar refractivity (Wildman–Crippen MR) is 72.0 cm³/mol. The van der Waals surface area contributed by atoms with E-state index in [0.29, 0.717) is 12.4 Å². The summed E-state index contributed by atoms with van der Waals surface area (Å²) in [5.41, 5.74) is 0.942. The number of nitrogens with one attached hydrogen (secondary N) is 2. The Balaban J connectivity index is 2.93. The number of methoxy groups -OCH3 is 1. The predicted octanol–water partition coefficient (Wildman–Crippen LogP) is 0.944. The Morgan fingerprint density at radius 2 is 1.94 bits per heavy atom. The lowest BCUT2D eigenvalue weighted by Gasteiger charge is -2.19. The average Bonchev–Trinajstić information content (AvgIpc) is 2.34. The molecule has 0 amide bonds. The van der Waals surface area contributed by atoms with Crippen LogP contribution in [-0.2, 0) is 4.74 Å². The number of aliphatic hydroxyl groups excluding tert-OH is 1. The molecule has 1 rings (SSSR count). The molecule has 1 unspecified atom stereocenters. The van der Waals surface area contributed by atoms with Crippen molar-refractivity contribution in [3.05, 3.63) is 11.4 Å². The van der Waals surface area contributed by atoms with Gasteiger partial charge in [-0.05, 0) is 20.8 Å². The van der Waals surface area contributed by atoms with Gasteiger partial charge >= 0.3 is 0 Å². The zero-order valence-electron chi connectivity index (χ0n) is 11.4. The Hall–Kier alpha value is -1.40. The van der Waals surface area contributed by atoms with Crippen molar-refractivity contribution in [3.63, 3.8) is 0 Å². The lowest BCUT2D eigenvalue weighted by molar-refractivity contribution is 0.153. The molecular weight excluding hydrogens is 232 g/mol.